The van der Waals surface area contributed by atoms with Gasteiger partial charge in [-0.1, -0.05) is 6.07 Å². The summed E-state index contributed by atoms with van der Waals surface area (Å²) in [6, 6.07) is 10.7. The maximum Gasteiger partial charge on any atom is 0.173 e. The van der Waals surface area contributed by atoms with E-state index in [1.54, 1.807) is 16.6 Å². The molecule has 0 bridgehead atoms. The number of nitrogens with two attached hydrogens (primary N) is 1. The van der Waals surface area contributed by atoms with Crippen LogP contribution in [-0.2, 0) is 0 Å². The number of aromatic hydroxyl groups is 1. The van der Waals surface area contributed by atoms with Crippen molar-refractivity contribution < 1.29 is 5.11 Å². The molecule has 1 unspecified atom stereocenters. The maximum absolute atomic E-state index is 10.2. The Kier molecular flexibility index (Phi) is 6.66. The van der Waals surface area contributed by atoms with Gasteiger partial charge >= 0.3 is 0 Å². The Labute approximate surface area is 203 Å². The second-order valence-corrected chi connectivity index (χ2v) is 8.52. The van der Waals surface area contributed by atoms with Gasteiger partial charge in [-0.05, 0) is 51.7 Å². The zero-order valence-electron chi connectivity index (χ0n) is 20.1. The molecule has 0 spiro atoms. The molecule has 1 aromatic carbocycles. The Bertz CT molecular complexity index is 1390. The number of phenols is 1. The summed E-state index contributed by atoms with van der Waals surface area (Å²) in [4.78, 5) is 17.2. The molecule has 0 saturated carbocycles. The number of aryl methyl sites for hydroxylation is 1. The van der Waals surface area contributed by atoms with Crippen LogP contribution in [-0.4, -0.2) is 61.8 Å². The Hall–Kier alpha value is -4.43. The number of nitrogens with zero attached hydrogens (tertiary/aromatic N) is 8. The standard InChI is InChI=1S/C24H28N10O/c1-15-8-9-34-20(15)24(33(11-10-32(3)4)17-6-5-7-18(35)12-17)30-22(31-34)16(2)29-23-19(13-25)21(26)27-14-28-23/h5-9,12,14,16,35H,10-11H2,1-4H3,(H3,26,27,28,29). The van der Waals surface area contributed by atoms with E-state index in [9.17, 15) is 10.4 Å². The highest BCUT2D eigenvalue weighted by Gasteiger charge is 2.22. The molecule has 4 aromatic rings. The molecule has 0 aliphatic heterocycles. The van der Waals surface area contributed by atoms with Crippen molar-refractivity contribution in [3.63, 3.8) is 0 Å². The van der Waals surface area contributed by atoms with Gasteiger partial charge in [0.1, 0.15) is 40.9 Å². The summed E-state index contributed by atoms with van der Waals surface area (Å²) >= 11 is 0. The van der Waals surface area contributed by atoms with Crippen molar-refractivity contribution >= 4 is 28.7 Å². The number of phenolic OH excluding ortho intramolecular Hbond substituents is 1. The van der Waals surface area contributed by atoms with Crippen molar-refractivity contribution in [2.45, 2.75) is 19.9 Å². The van der Waals surface area contributed by atoms with E-state index in [4.69, 9.17) is 15.8 Å². The summed E-state index contributed by atoms with van der Waals surface area (Å²) in [7, 11) is 4.02. The molecule has 4 N–H and O–H groups in total. The first kappa shape index (κ1) is 23.7. The quantitative estimate of drug-likeness (QED) is 0.350. The number of anilines is 4. The molecule has 0 amide bonds. The lowest BCUT2D eigenvalue weighted by atomic mass is 10.2. The van der Waals surface area contributed by atoms with E-state index in [2.05, 4.69) is 25.1 Å². The zero-order chi connectivity index (χ0) is 25.1. The van der Waals surface area contributed by atoms with Crippen LogP contribution in [0.4, 0.5) is 23.1 Å². The van der Waals surface area contributed by atoms with Crippen molar-refractivity contribution in [3.8, 4) is 11.8 Å². The monoisotopic (exact) mass is 472 g/mol. The third kappa shape index (κ3) is 4.92. The Morgan fingerprint density at radius 3 is 2.74 bits per heavy atom. The highest BCUT2D eigenvalue weighted by atomic mass is 16.3. The molecule has 3 heterocycles. The Morgan fingerprint density at radius 1 is 1.23 bits per heavy atom. The number of nitrogens with one attached hydrogen (secondary N) is 1. The molecule has 0 saturated heterocycles. The summed E-state index contributed by atoms with van der Waals surface area (Å²) in [5, 5.41) is 27.6. The molecule has 0 radical (unpaired) electrons. The highest BCUT2D eigenvalue weighted by molar-refractivity contribution is 5.78. The Balaban J connectivity index is 1.82. The SMILES string of the molecule is Cc1ccn2nc(C(C)Nc3ncnc(N)c3C#N)nc(N(CCN(C)C)c3cccc(O)c3)c12. The average molecular weight is 473 g/mol. The molecule has 0 aliphatic carbocycles. The van der Waals surface area contributed by atoms with Crippen LogP contribution >= 0.6 is 0 Å². The van der Waals surface area contributed by atoms with Gasteiger partial charge in [-0.3, -0.25) is 0 Å². The molecule has 0 fully saturated rings. The first-order valence-electron chi connectivity index (χ1n) is 11.1. The van der Waals surface area contributed by atoms with Crippen LogP contribution in [0.3, 0.4) is 0 Å². The lowest BCUT2D eigenvalue weighted by Gasteiger charge is -2.27. The van der Waals surface area contributed by atoms with Gasteiger partial charge in [0.25, 0.3) is 0 Å². The van der Waals surface area contributed by atoms with Gasteiger partial charge in [0.2, 0.25) is 0 Å². The minimum absolute atomic E-state index is 0.106. The van der Waals surface area contributed by atoms with Crippen LogP contribution in [0.5, 0.6) is 5.75 Å². The predicted octanol–water partition coefficient (Wildman–Crippen LogP) is 2.86. The number of benzene rings is 1. The van der Waals surface area contributed by atoms with Crippen molar-refractivity contribution in [2.24, 2.45) is 0 Å². The van der Waals surface area contributed by atoms with Gasteiger partial charge in [-0.15, -0.1) is 0 Å². The van der Waals surface area contributed by atoms with E-state index in [-0.39, 0.29) is 17.1 Å². The number of rotatable bonds is 8. The first-order chi connectivity index (χ1) is 16.8. The number of fused-ring (bicyclic) bond motifs is 1. The lowest BCUT2D eigenvalue weighted by Crippen LogP contribution is -2.30. The summed E-state index contributed by atoms with van der Waals surface area (Å²) in [5.74, 6) is 1.81. The number of nitriles is 1. The second-order valence-electron chi connectivity index (χ2n) is 8.52. The van der Waals surface area contributed by atoms with Crippen molar-refractivity contribution in [1.82, 2.24) is 29.5 Å². The van der Waals surface area contributed by atoms with Crippen molar-refractivity contribution in [1.29, 1.82) is 5.26 Å². The molecule has 180 valence electrons. The third-order valence-electron chi connectivity index (χ3n) is 5.61. The topological polar surface area (TPSA) is 145 Å². The molecular weight excluding hydrogens is 444 g/mol. The van der Waals surface area contributed by atoms with Crippen LogP contribution in [0.1, 0.15) is 29.9 Å². The molecule has 0 aliphatic rings. The zero-order valence-corrected chi connectivity index (χ0v) is 20.1. The molecule has 4 rings (SSSR count). The van der Waals surface area contributed by atoms with Crippen molar-refractivity contribution in [2.75, 3.05) is 43.1 Å². The number of hydrogen-bond acceptors (Lipinski definition) is 10. The van der Waals surface area contributed by atoms with Gasteiger partial charge in [-0.2, -0.15) is 10.4 Å². The normalized spacial score (nSPS) is 12.0. The number of hydrogen-bond donors (Lipinski definition) is 3. The van der Waals surface area contributed by atoms with Gasteiger partial charge in [-0.25, -0.2) is 19.5 Å². The fourth-order valence-corrected chi connectivity index (χ4v) is 3.75. The van der Waals surface area contributed by atoms with Crippen LogP contribution in [0, 0.1) is 18.3 Å². The van der Waals surface area contributed by atoms with Crippen LogP contribution < -0.4 is 16.0 Å². The average Bonchev–Trinajstić information content (AvgIpc) is 3.20. The van der Waals surface area contributed by atoms with Crippen LogP contribution in [0.15, 0.2) is 42.9 Å². The van der Waals surface area contributed by atoms with Gasteiger partial charge < -0.3 is 26.0 Å². The van der Waals surface area contributed by atoms with E-state index in [1.165, 1.54) is 6.33 Å². The molecular formula is C24H28N10O. The predicted molar refractivity (Wildman–Crippen MR) is 135 cm³/mol. The number of likely N-dealkylation sites (N-methyl/N-ethyl adjacent to an activating group) is 1. The fourth-order valence-electron chi connectivity index (χ4n) is 3.75. The minimum Gasteiger partial charge on any atom is -0.508 e. The number of aromatic nitrogens is 5. The summed E-state index contributed by atoms with van der Waals surface area (Å²) in [6.45, 7) is 5.30. The van der Waals surface area contributed by atoms with Gasteiger partial charge in [0.05, 0.1) is 6.04 Å². The summed E-state index contributed by atoms with van der Waals surface area (Å²) in [5.41, 5.74) is 8.72. The maximum atomic E-state index is 10.2. The minimum atomic E-state index is -0.401. The largest absolute Gasteiger partial charge is 0.508 e. The van der Waals surface area contributed by atoms with Gasteiger partial charge in [0, 0.05) is 31.0 Å². The molecule has 11 heteroatoms. The lowest BCUT2D eigenvalue weighted by molar-refractivity contribution is 0.418. The van der Waals surface area contributed by atoms with E-state index >= 15 is 0 Å². The first-order valence-corrected chi connectivity index (χ1v) is 11.1. The van der Waals surface area contributed by atoms with E-state index in [1.807, 2.05) is 58.4 Å². The Morgan fingerprint density at radius 2 is 2.03 bits per heavy atom. The highest BCUT2D eigenvalue weighted by Crippen LogP contribution is 2.32. The van der Waals surface area contributed by atoms with Gasteiger partial charge in [0.15, 0.2) is 11.6 Å². The van der Waals surface area contributed by atoms with E-state index in [0.717, 1.165) is 23.3 Å². The molecule has 1 atom stereocenters. The van der Waals surface area contributed by atoms with E-state index in [0.29, 0.717) is 24.0 Å². The number of nitrogen functional groups attached to an aromatic ring is 1. The van der Waals surface area contributed by atoms with Crippen molar-refractivity contribution in [3.05, 3.63) is 59.8 Å². The van der Waals surface area contributed by atoms with Crippen LogP contribution in [0.25, 0.3) is 5.52 Å². The second kappa shape index (κ2) is 9.82. The smallest absolute Gasteiger partial charge is 0.173 e. The summed E-state index contributed by atoms with van der Waals surface area (Å²) in [6.07, 6.45) is 3.20. The van der Waals surface area contributed by atoms with Crippen LogP contribution in [0.2, 0.25) is 0 Å². The summed E-state index contributed by atoms with van der Waals surface area (Å²) < 4.78 is 1.80. The third-order valence-corrected chi connectivity index (χ3v) is 5.61. The molecule has 35 heavy (non-hydrogen) atoms. The molecule has 11 nitrogen and oxygen atoms in total. The fraction of sp³-hybridized carbons (Fsp3) is 0.292. The molecule has 3 aromatic heterocycles. The van der Waals surface area contributed by atoms with E-state index < -0.39 is 6.04 Å².